The van der Waals surface area contributed by atoms with E-state index in [-0.39, 0.29) is 11.8 Å². The molecule has 0 radical (unpaired) electrons. The molecule has 0 bridgehead atoms. The summed E-state index contributed by atoms with van der Waals surface area (Å²) in [7, 11) is 0. The van der Waals surface area contributed by atoms with Crippen molar-refractivity contribution in [2.45, 2.75) is 5.66 Å². The average molecular weight is 323 g/mol. The fourth-order valence-corrected chi connectivity index (χ4v) is 3.35. The van der Waals surface area contributed by atoms with Gasteiger partial charge in [-0.3, -0.25) is 9.59 Å². The summed E-state index contributed by atoms with van der Waals surface area (Å²) in [5, 5.41) is 8.79. The average Bonchev–Trinajstić information content (AvgIpc) is 2.84. The van der Waals surface area contributed by atoms with Crippen LogP contribution >= 0.6 is 0 Å². The first-order valence-electron chi connectivity index (χ1n) is 7.63. The molecule has 1 spiro atoms. The van der Waals surface area contributed by atoms with Crippen molar-refractivity contribution in [3.63, 3.8) is 0 Å². The zero-order valence-corrected chi connectivity index (χ0v) is 12.5. The minimum atomic E-state index is -1.35. The Morgan fingerprint density at radius 2 is 1.67 bits per heavy atom. The molecule has 0 unspecified atom stereocenters. The molecule has 0 aliphatic carbocycles. The molecule has 3 aliphatic heterocycles. The Morgan fingerprint density at radius 1 is 0.917 bits per heavy atom. The Hall–Kier alpha value is -3.22. The van der Waals surface area contributed by atoms with Crippen molar-refractivity contribution in [1.82, 2.24) is 5.32 Å². The summed E-state index contributed by atoms with van der Waals surface area (Å²) < 4.78 is 11.2. The molecule has 7 heteroatoms. The van der Waals surface area contributed by atoms with E-state index in [0.29, 0.717) is 47.2 Å². The Labute approximate surface area is 136 Å². The molecule has 5 rings (SSSR count). The van der Waals surface area contributed by atoms with Crippen molar-refractivity contribution in [2.24, 2.45) is 0 Å². The second kappa shape index (κ2) is 4.41. The van der Waals surface area contributed by atoms with Crippen molar-refractivity contribution in [2.75, 3.05) is 23.8 Å². The maximum atomic E-state index is 12.7. The number of benzene rings is 2. The highest BCUT2D eigenvalue weighted by Gasteiger charge is 2.51. The highest BCUT2D eigenvalue weighted by atomic mass is 16.6. The summed E-state index contributed by atoms with van der Waals surface area (Å²) in [6.07, 6.45) is 0. The molecule has 1 atom stereocenters. The normalized spacial score (nSPS) is 23.0. The highest BCUT2D eigenvalue weighted by molar-refractivity contribution is 6.14. The van der Waals surface area contributed by atoms with Crippen molar-refractivity contribution in [1.29, 1.82) is 0 Å². The van der Waals surface area contributed by atoms with Crippen LogP contribution in [0.5, 0.6) is 11.5 Å². The molecule has 0 saturated carbocycles. The third-order valence-electron chi connectivity index (χ3n) is 4.47. The van der Waals surface area contributed by atoms with E-state index < -0.39 is 5.66 Å². The van der Waals surface area contributed by atoms with Crippen LogP contribution in [0, 0.1) is 0 Å². The second-order valence-electron chi connectivity index (χ2n) is 5.87. The van der Waals surface area contributed by atoms with Gasteiger partial charge < -0.3 is 25.4 Å². The first-order chi connectivity index (χ1) is 11.7. The van der Waals surface area contributed by atoms with Crippen LogP contribution < -0.4 is 25.4 Å². The van der Waals surface area contributed by atoms with E-state index in [2.05, 4.69) is 16.0 Å². The van der Waals surface area contributed by atoms with Gasteiger partial charge in [0.2, 0.25) is 5.66 Å². The summed E-state index contributed by atoms with van der Waals surface area (Å²) in [5.41, 5.74) is 0.966. The van der Waals surface area contributed by atoms with Gasteiger partial charge in [-0.1, -0.05) is 12.1 Å². The minimum absolute atomic E-state index is 0.303. The van der Waals surface area contributed by atoms with Gasteiger partial charge in [-0.15, -0.1) is 0 Å². The predicted octanol–water partition coefficient (Wildman–Crippen LogP) is 1.42. The molecule has 2 aromatic carbocycles. The quantitative estimate of drug-likeness (QED) is 0.682. The van der Waals surface area contributed by atoms with E-state index in [9.17, 15) is 9.59 Å². The second-order valence-corrected chi connectivity index (χ2v) is 5.87. The molecule has 7 nitrogen and oxygen atoms in total. The Morgan fingerprint density at radius 3 is 2.50 bits per heavy atom. The number of carbonyl (C=O) groups excluding carboxylic acids is 2. The van der Waals surface area contributed by atoms with Crippen LogP contribution in [0.3, 0.4) is 0 Å². The van der Waals surface area contributed by atoms with Gasteiger partial charge in [0.05, 0.1) is 11.3 Å². The molecule has 120 valence electrons. The molecule has 24 heavy (non-hydrogen) atoms. The maximum absolute atomic E-state index is 12.7. The van der Waals surface area contributed by atoms with Gasteiger partial charge in [-0.2, -0.15) is 0 Å². The lowest BCUT2D eigenvalue weighted by Gasteiger charge is -2.35. The molecular formula is C17H13N3O4. The molecular weight excluding hydrogens is 310 g/mol. The topological polar surface area (TPSA) is 88.7 Å². The fraction of sp³-hybridized carbons (Fsp3) is 0.176. The maximum Gasteiger partial charge on any atom is 0.275 e. The monoisotopic (exact) mass is 323 g/mol. The molecule has 0 aromatic heterocycles. The van der Waals surface area contributed by atoms with E-state index >= 15 is 0 Å². The van der Waals surface area contributed by atoms with Gasteiger partial charge >= 0.3 is 0 Å². The standard InChI is InChI=1S/C17H13N3O4/c21-15-9-3-1-2-4-11(9)19-17(20-15)10-7-13-14(24-6-5-23-13)8-12(10)18-16(17)22/h1-4,7-8,19H,5-6H2,(H,18,22)(H,20,21)/t17-/m0/s1. The van der Waals surface area contributed by atoms with E-state index in [4.69, 9.17) is 9.47 Å². The number of ether oxygens (including phenoxy) is 2. The lowest BCUT2D eigenvalue weighted by molar-refractivity contribution is -0.120. The minimum Gasteiger partial charge on any atom is -0.486 e. The Kier molecular flexibility index (Phi) is 2.43. The molecule has 0 fully saturated rings. The number of hydrogen-bond donors (Lipinski definition) is 3. The van der Waals surface area contributed by atoms with Crippen LogP contribution in [-0.2, 0) is 10.5 Å². The molecule has 0 saturated heterocycles. The number of nitrogens with one attached hydrogen (secondary N) is 3. The van der Waals surface area contributed by atoms with Gasteiger partial charge in [0.1, 0.15) is 13.2 Å². The SMILES string of the molecule is O=C1N[C@]2(Nc3ccccc31)C(=O)Nc1cc3c(cc12)OCCO3. The molecule has 2 amide bonds. The zero-order chi connectivity index (χ0) is 16.3. The number of rotatable bonds is 0. The first-order valence-corrected chi connectivity index (χ1v) is 7.63. The van der Waals surface area contributed by atoms with Gasteiger partial charge in [-0.25, -0.2) is 0 Å². The Bertz CT molecular complexity index is 911. The number of carbonyl (C=O) groups is 2. The van der Waals surface area contributed by atoms with E-state index in [1.807, 2.05) is 6.07 Å². The smallest absolute Gasteiger partial charge is 0.275 e. The summed E-state index contributed by atoms with van der Waals surface area (Å²) in [5.74, 6) is 0.496. The third kappa shape index (κ3) is 1.61. The molecule has 3 heterocycles. The molecule has 3 N–H and O–H groups in total. The van der Waals surface area contributed by atoms with E-state index in [0.717, 1.165) is 0 Å². The number of para-hydroxylation sites is 1. The van der Waals surface area contributed by atoms with Crippen LogP contribution in [0.4, 0.5) is 11.4 Å². The lowest BCUT2D eigenvalue weighted by Crippen LogP contribution is -2.59. The van der Waals surface area contributed by atoms with Crippen LogP contribution in [-0.4, -0.2) is 25.0 Å². The van der Waals surface area contributed by atoms with Gasteiger partial charge in [-0.05, 0) is 18.2 Å². The number of hydrogen-bond acceptors (Lipinski definition) is 5. The fourth-order valence-electron chi connectivity index (χ4n) is 3.35. The number of amides is 2. The summed E-state index contributed by atoms with van der Waals surface area (Å²) in [6.45, 7) is 0.913. The largest absolute Gasteiger partial charge is 0.486 e. The van der Waals surface area contributed by atoms with Crippen molar-refractivity contribution in [3.05, 3.63) is 47.5 Å². The van der Waals surface area contributed by atoms with Crippen LogP contribution in [0.15, 0.2) is 36.4 Å². The van der Waals surface area contributed by atoms with Crippen LogP contribution in [0.2, 0.25) is 0 Å². The highest BCUT2D eigenvalue weighted by Crippen LogP contribution is 2.45. The third-order valence-corrected chi connectivity index (χ3v) is 4.47. The number of anilines is 2. The van der Waals surface area contributed by atoms with Crippen molar-refractivity contribution in [3.8, 4) is 11.5 Å². The van der Waals surface area contributed by atoms with Gasteiger partial charge in [0.15, 0.2) is 11.5 Å². The first kappa shape index (κ1) is 13.2. The summed E-state index contributed by atoms with van der Waals surface area (Å²) >= 11 is 0. The zero-order valence-electron chi connectivity index (χ0n) is 12.5. The van der Waals surface area contributed by atoms with Crippen molar-refractivity contribution < 1.29 is 19.1 Å². The van der Waals surface area contributed by atoms with E-state index in [1.54, 1.807) is 30.3 Å². The Balaban J connectivity index is 1.68. The van der Waals surface area contributed by atoms with E-state index in [1.165, 1.54) is 0 Å². The summed E-state index contributed by atoms with van der Waals surface area (Å²) in [6, 6.07) is 10.5. The summed E-state index contributed by atoms with van der Waals surface area (Å²) in [4.78, 5) is 25.2. The van der Waals surface area contributed by atoms with Crippen molar-refractivity contribution >= 4 is 23.2 Å². The van der Waals surface area contributed by atoms with Gasteiger partial charge in [0, 0.05) is 17.3 Å². The molecule has 3 aliphatic rings. The van der Waals surface area contributed by atoms with Gasteiger partial charge in [0.25, 0.3) is 11.8 Å². The van der Waals surface area contributed by atoms with Crippen LogP contribution in [0.25, 0.3) is 0 Å². The lowest BCUT2D eigenvalue weighted by atomic mass is 9.95. The predicted molar refractivity (Wildman–Crippen MR) is 85.3 cm³/mol. The molecule has 2 aromatic rings. The number of fused-ring (bicyclic) bond motifs is 4. The van der Waals surface area contributed by atoms with Crippen LogP contribution in [0.1, 0.15) is 15.9 Å².